The minimum atomic E-state index is 0.745. The SMILES string of the molecule is Cc1cc(-c2ccccc2)oc(=[NH+]c2ccccc2)c1. The lowest BCUT2D eigenvalue weighted by molar-refractivity contribution is -0.417. The van der Waals surface area contributed by atoms with E-state index in [0.717, 1.165) is 28.1 Å². The second-order valence-corrected chi connectivity index (χ2v) is 4.72. The molecule has 1 N–H and O–H groups in total. The summed E-state index contributed by atoms with van der Waals surface area (Å²) >= 11 is 0. The molecule has 0 atom stereocenters. The zero-order chi connectivity index (χ0) is 13.8. The van der Waals surface area contributed by atoms with E-state index < -0.39 is 0 Å². The molecule has 0 unspecified atom stereocenters. The Hall–Kier alpha value is -2.61. The Morgan fingerprint density at radius 2 is 1.45 bits per heavy atom. The molecule has 0 aliphatic carbocycles. The van der Waals surface area contributed by atoms with Crippen molar-refractivity contribution in [2.45, 2.75) is 6.92 Å². The van der Waals surface area contributed by atoms with Crippen LogP contribution in [0.15, 0.2) is 77.2 Å². The largest absolute Gasteiger partial charge is 0.405 e. The monoisotopic (exact) mass is 262 g/mol. The van der Waals surface area contributed by atoms with Crippen LogP contribution in [0.1, 0.15) is 5.56 Å². The highest BCUT2D eigenvalue weighted by Gasteiger charge is 2.04. The summed E-state index contributed by atoms with van der Waals surface area (Å²) in [5, 5.41) is 0. The van der Waals surface area contributed by atoms with Gasteiger partial charge in [-0.3, -0.25) is 0 Å². The summed E-state index contributed by atoms with van der Waals surface area (Å²) in [7, 11) is 0. The molecule has 0 bridgehead atoms. The van der Waals surface area contributed by atoms with Gasteiger partial charge in [-0.05, 0) is 18.6 Å². The second-order valence-electron chi connectivity index (χ2n) is 4.72. The van der Waals surface area contributed by atoms with Gasteiger partial charge in [-0.25, -0.2) is 0 Å². The van der Waals surface area contributed by atoms with Crippen LogP contribution in [0.5, 0.6) is 0 Å². The molecule has 0 fully saturated rings. The number of para-hydroxylation sites is 1. The molecule has 1 aromatic heterocycles. The molecule has 0 saturated carbocycles. The van der Waals surface area contributed by atoms with Crippen LogP contribution in [-0.2, 0) is 0 Å². The van der Waals surface area contributed by atoms with Crippen LogP contribution in [0, 0.1) is 6.92 Å². The van der Waals surface area contributed by atoms with Gasteiger partial charge >= 0.3 is 5.55 Å². The van der Waals surface area contributed by atoms with Gasteiger partial charge in [0.15, 0.2) is 0 Å². The Morgan fingerprint density at radius 1 is 0.800 bits per heavy atom. The van der Waals surface area contributed by atoms with Crippen LogP contribution in [0.3, 0.4) is 0 Å². The molecule has 0 aliphatic rings. The molecule has 0 amide bonds. The lowest BCUT2D eigenvalue weighted by atomic mass is 10.1. The zero-order valence-electron chi connectivity index (χ0n) is 11.3. The fourth-order valence-corrected chi connectivity index (χ4v) is 2.10. The van der Waals surface area contributed by atoms with E-state index in [-0.39, 0.29) is 0 Å². The van der Waals surface area contributed by atoms with Crippen molar-refractivity contribution < 1.29 is 9.41 Å². The molecular weight excluding hydrogens is 246 g/mol. The van der Waals surface area contributed by atoms with Gasteiger partial charge in [0.25, 0.3) is 0 Å². The predicted molar refractivity (Wildman–Crippen MR) is 79.1 cm³/mol. The molecule has 98 valence electrons. The highest BCUT2D eigenvalue weighted by Crippen LogP contribution is 2.17. The fourth-order valence-electron chi connectivity index (χ4n) is 2.10. The normalized spacial score (nSPS) is 11.6. The van der Waals surface area contributed by atoms with Gasteiger partial charge in [-0.15, -0.1) is 0 Å². The minimum absolute atomic E-state index is 0.745. The fraction of sp³-hybridized carbons (Fsp3) is 0.0556. The molecule has 2 nitrogen and oxygen atoms in total. The number of hydrogen-bond acceptors (Lipinski definition) is 1. The first-order chi connectivity index (χ1) is 9.81. The maximum atomic E-state index is 5.94. The van der Waals surface area contributed by atoms with Gasteiger partial charge in [0.1, 0.15) is 5.76 Å². The second kappa shape index (κ2) is 5.57. The van der Waals surface area contributed by atoms with E-state index in [9.17, 15) is 0 Å². The first kappa shape index (κ1) is 12.4. The van der Waals surface area contributed by atoms with Crippen LogP contribution in [0.4, 0.5) is 5.69 Å². The highest BCUT2D eigenvalue weighted by atomic mass is 16.3. The number of aryl methyl sites for hydroxylation is 1. The molecule has 0 aliphatic heterocycles. The Morgan fingerprint density at radius 3 is 2.15 bits per heavy atom. The Balaban J connectivity index is 2.10. The topological polar surface area (TPSA) is 27.1 Å². The Labute approximate surface area is 118 Å². The van der Waals surface area contributed by atoms with Gasteiger partial charge in [0, 0.05) is 17.7 Å². The summed E-state index contributed by atoms with van der Waals surface area (Å²) in [5.74, 6) is 0.865. The Kier molecular flexibility index (Phi) is 3.46. The number of hydrogen-bond donors (Lipinski definition) is 1. The molecule has 2 aromatic carbocycles. The predicted octanol–water partition coefficient (Wildman–Crippen LogP) is 2.57. The Bertz CT molecular complexity index is 758. The summed E-state index contributed by atoms with van der Waals surface area (Å²) in [5.41, 5.74) is 4.00. The van der Waals surface area contributed by atoms with Crippen molar-refractivity contribution in [3.63, 3.8) is 0 Å². The zero-order valence-corrected chi connectivity index (χ0v) is 11.3. The first-order valence-corrected chi connectivity index (χ1v) is 6.63. The van der Waals surface area contributed by atoms with E-state index in [1.807, 2.05) is 72.8 Å². The maximum Gasteiger partial charge on any atom is 0.372 e. The number of benzene rings is 2. The van der Waals surface area contributed by atoms with Crippen LogP contribution in [0.25, 0.3) is 11.3 Å². The van der Waals surface area contributed by atoms with E-state index in [0.29, 0.717) is 0 Å². The summed E-state index contributed by atoms with van der Waals surface area (Å²) in [6.45, 7) is 2.07. The standard InChI is InChI=1S/C18H15NO/c1-14-12-17(15-8-4-2-5-9-15)20-18(13-14)19-16-10-6-3-7-11-16/h2-13H,1H3/p+1. The summed E-state index contributed by atoms with van der Waals surface area (Å²) in [6, 6.07) is 24.2. The van der Waals surface area contributed by atoms with Gasteiger partial charge in [0.05, 0.1) is 6.07 Å². The maximum absolute atomic E-state index is 5.94. The molecule has 2 heteroatoms. The van der Waals surface area contributed by atoms with Crippen molar-refractivity contribution in [2.75, 3.05) is 0 Å². The van der Waals surface area contributed by atoms with Gasteiger partial charge in [-0.1, -0.05) is 48.5 Å². The van der Waals surface area contributed by atoms with E-state index in [4.69, 9.17) is 4.42 Å². The minimum Gasteiger partial charge on any atom is -0.405 e. The lowest BCUT2D eigenvalue weighted by Crippen LogP contribution is -2.70. The van der Waals surface area contributed by atoms with Crippen LogP contribution >= 0.6 is 0 Å². The van der Waals surface area contributed by atoms with Crippen LogP contribution in [-0.4, -0.2) is 0 Å². The molecule has 20 heavy (non-hydrogen) atoms. The number of nitrogens with one attached hydrogen (secondary N) is 1. The van der Waals surface area contributed by atoms with Crippen LogP contribution in [0.2, 0.25) is 0 Å². The van der Waals surface area contributed by atoms with E-state index in [1.165, 1.54) is 0 Å². The van der Waals surface area contributed by atoms with Crippen molar-refractivity contribution >= 4 is 5.69 Å². The molecule has 0 spiro atoms. The molecular formula is C18H16NO+. The molecule has 0 saturated heterocycles. The molecule has 0 radical (unpaired) electrons. The smallest absolute Gasteiger partial charge is 0.372 e. The van der Waals surface area contributed by atoms with E-state index in [1.54, 1.807) is 0 Å². The van der Waals surface area contributed by atoms with Crippen LogP contribution < -0.4 is 10.5 Å². The van der Waals surface area contributed by atoms with E-state index >= 15 is 0 Å². The molecule has 1 heterocycles. The number of rotatable bonds is 2. The van der Waals surface area contributed by atoms with Gasteiger partial charge in [-0.2, -0.15) is 4.99 Å². The van der Waals surface area contributed by atoms with Crippen molar-refractivity contribution in [3.05, 3.63) is 83.9 Å². The van der Waals surface area contributed by atoms with Gasteiger partial charge in [0.2, 0.25) is 5.69 Å². The first-order valence-electron chi connectivity index (χ1n) is 6.63. The van der Waals surface area contributed by atoms with Crippen molar-refractivity contribution in [3.8, 4) is 11.3 Å². The van der Waals surface area contributed by atoms with Gasteiger partial charge < -0.3 is 4.42 Å². The highest BCUT2D eigenvalue weighted by molar-refractivity contribution is 5.57. The molecule has 3 rings (SSSR count). The average molecular weight is 262 g/mol. The van der Waals surface area contributed by atoms with Crippen molar-refractivity contribution in [1.82, 2.24) is 0 Å². The molecule has 3 aromatic rings. The third-order valence-electron chi connectivity index (χ3n) is 3.04. The summed E-state index contributed by atoms with van der Waals surface area (Å²) < 4.78 is 5.94. The van der Waals surface area contributed by atoms with Crippen molar-refractivity contribution in [1.29, 1.82) is 0 Å². The third-order valence-corrected chi connectivity index (χ3v) is 3.04. The summed E-state index contributed by atoms with van der Waals surface area (Å²) in [6.07, 6.45) is 0. The average Bonchev–Trinajstić information content (AvgIpc) is 2.49. The van der Waals surface area contributed by atoms with E-state index in [2.05, 4.69) is 11.9 Å². The lowest BCUT2D eigenvalue weighted by Gasteiger charge is -2.00. The quantitative estimate of drug-likeness (QED) is 0.755. The third kappa shape index (κ3) is 2.86. The summed E-state index contributed by atoms with van der Waals surface area (Å²) in [4.78, 5) is 3.29. The van der Waals surface area contributed by atoms with Crippen molar-refractivity contribution in [2.24, 2.45) is 0 Å².